The van der Waals surface area contributed by atoms with Crippen LogP contribution in [0.5, 0.6) is 11.5 Å². The second kappa shape index (κ2) is 6.87. The molecule has 2 aromatic carbocycles. The Morgan fingerprint density at radius 1 is 0.958 bits per heavy atom. The van der Waals surface area contributed by atoms with Crippen LogP contribution >= 0.6 is 0 Å². The van der Waals surface area contributed by atoms with Crippen LogP contribution in [-0.4, -0.2) is 25.3 Å². The van der Waals surface area contributed by atoms with Gasteiger partial charge in [-0.1, -0.05) is 5.16 Å². The van der Waals surface area contributed by atoms with E-state index in [4.69, 9.17) is 14.0 Å². The number of nitrogens with one attached hydrogen (secondary N) is 1. The summed E-state index contributed by atoms with van der Waals surface area (Å²) in [5, 5.41) is 6.55. The van der Waals surface area contributed by atoms with Crippen LogP contribution in [0.25, 0.3) is 11.3 Å². The SMILES string of the molecule is COc1ccc(NC(=O)c2cnoc2-c2ccc(OC)cc2)cc1. The molecular weight excluding hydrogens is 308 g/mol. The minimum atomic E-state index is -0.299. The van der Waals surface area contributed by atoms with Crippen molar-refractivity contribution in [2.45, 2.75) is 0 Å². The van der Waals surface area contributed by atoms with E-state index in [9.17, 15) is 4.79 Å². The summed E-state index contributed by atoms with van der Waals surface area (Å²) in [5.41, 5.74) is 1.76. The normalized spacial score (nSPS) is 10.2. The first-order valence-corrected chi connectivity index (χ1v) is 7.26. The Morgan fingerprint density at radius 2 is 1.54 bits per heavy atom. The molecule has 0 bridgehead atoms. The summed E-state index contributed by atoms with van der Waals surface area (Å²) in [6.45, 7) is 0. The molecule has 1 amide bonds. The van der Waals surface area contributed by atoms with Gasteiger partial charge in [-0.05, 0) is 48.5 Å². The topological polar surface area (TPSA) is 73.6 Å². The van der Waals surface area contributed by atoms with Gasteiger partial charge in [0.25, 0.3) is 5.91 Å². The zero-order valence-electron chi connectivity index (χ0n) is 13.3. The van der Waals surface area contributed by atoms with Crippen LogP contribution in [0.3, 0.4) is 0 Å². The Morgan fingerprint density at radius 3 is 2.12 bits per heavy atom. The lowest BCUT2D eigenvalue weighted by atomic mass is 10.1. The quantitative estimate of drug-likeness (QED) is 0.776. The number of rotatable bonds is 5. The molecule has 0 aliphatic heterocycles. The fraction of sp³-hybridized carbons (Fsp3) is 0.111. The zero-order chi connectivity index (χ0) is 16.9. The molecule has 3 aromatic rings. The van der Waals surface area contributed by atoms with E-state index < -0.39 is 0 Å². The van der Waals surface area contributed by atoms with Gasteiger partial charge in [-0.25, -0.2) is 0 Å². The van der Waals surface area contributed by atoms with E-state index in [1.165, 1.54) is 6.20 Å². The number of amides is 1. The lowest BCUT2D eigenvalue weighted by molar-refractivity contribution is 0.102. The van der Waals surface area contributed by atoms with Crippen LogP contribution in [0.2, 0.25) is 0 Å². The fourth-order valence-corrected chi connectivity index (χ4v) is 2.22. The number of hydrogen-bond donors (Lipinski definition) is 1. The number of anilines is 1. The van der Waals surface area contributed by atoms with Gasteiger partial charge in [0, 0.05) is 11.3 Å². The van der Waals surface area contributed by atoms with Gasteiger partial charge < -0.3 is 19.3 Å². The van der Waals surface area contributed by atoms with E-state index in [0.717, 1.165) is 17.1 Å². The van der Waals surface area contributed by atoms with Gasteiger partial charge in [0.2, 0.25) is 0 Å². The molecular formula is C18H16N2O4. The summed E-state index contributed by atoms with van der Waals surface area (Å²) in [6.07, 6.45) is 1.40. The summed E-state index contributed by atoms with van der Waals surface area (Å²) >= 11 is 0. The fourth-order valence-electron chi connectivity index (χ4n) is 2.22. The molecule has 0 saturated carbocycles. The number of benzene rings is 2. The number of nitrogens with zero attached hydrogens (tertiary/aromatic N) is 1. The van der Waals surface area contributed by atoms with Crippen molar-refractivity contribution >= 4 is 11.6 Å². The van der Waals surface area contributed by atoms with Gasteiger partial charge >= 0.3 is 0 Å². The molecule has 122 valence electrons. The van der Waals surface area contributed by atoms with Crippen molar-refractivity contribution in [1.82, 2.24) is 5.16 Å². The van der Waals surface area contributed by atoms with Gasteiger partial charge in [-0.2, -0.15) is 0 Å². The molecule has 0 fully saturated rings. The van der Waals surface area contributed by atoms with E-state index in [2.05, 4.69) is 10.5 Å². The van der Waals surface area contributed by atoms with E-state index in [0.29, 0.717) is 17.0 Å². The van der Waals surface area contributed by atoms with Crippen molar-refractivity contribution in [3.63, 3.8) is 0 Å². The molecule has 6 nitrogen and oxygen atoms in total. The molecule has 24 heavy (non-hydrogen) atoms. The lowest BCUT2D eigenvalue weighted by Crippen LogP contribution is -2.11. The first-order valence-electron chi connectivity index (χ1n) is 7.26. The molecule has 1 heterocycles. The Kier molecular flexibility index (Phi) is 4.47. The van der Waals surface area contributed by atoms with Crippen molar-refractivity contribution < 1.29 is 18.8 Å². The zero-order valence-corrected chi connectivity index (χ0v) is 13.3. The van der Waals surface area contributed by atoms with Crippen molar-refractivity contribution in [3.8, 4) is 22.8 Å². The van der Waals surface area contributed by atoms with Crippen LogP contribution in [0, 0.1) is 0 Å². The molecule has 3 rings (SSSR count). The third-order valence-corrected chi connectivity index (χ3v) is 3.52. The first-order chi connectivity index (χ1) is 11.7. The monoisotopic (exact) mass is 324 g/mol. The van der Waals surface area contributed by atoms with Crippen molar-refractivity contribution in [2.24, 2.45) is 0 Å². The van der Waals surface area contributed by atoms with Crippen molar-refractivity contribution in [3.05, 3.63) is 60.3 Å². The molecule has 6 heteroatoms. The summed E-state index contributed by atoms with van der Waals surface area (Å²) in [5.74, 6) is 1.55. The summed E-state index contributed by atoms with van der Waals surface area (Å²) in [7, 11) is 3.18. The van der Waals surface area contributed by atoms with Crippen LogP contribution < -0.4 is 14.8 Å². The maximum atomic E-state index is 12.5. The molecule has 0 atom stereocenters. The standard InChI is InChI=1S/C18H16N2O4/c1-22-14-7-3-12(4-8-14)17-16(11-19-24-17)18(21)20-13-5-9-15(23-2)10-6-13/h3-11H,1-2H3,(H,20,21). The number of methoxy groups -OCH3 is 2. The van der Waals surface area contributed by atoms with Crippen LogP contribution in [0.4, 0.5) is 5.69 Å². The van der Waals surface area contributed by atoms with E-state index >= 15 is 0 Å². The van der Waals surface area contributed by atoms with Crippen molar-refractivity contribution in [1.29, 1.82) is 0 Å². The highest BCUT2D eigenvalue weighted by Crippen LogP contribution is 2.26. The molecule has 0 spiro atoms. The van der Waals surface area contributed by atoms with Crippen LogP contribution in [-0.2, 0) is 0 Å². The predicted octanol–water partition coefficient (Wildman–Crippen LogP) is 3.61. The largest absolute Gasteiger partial charge is 0.497 e. The average molecular weight is 324 g/mol. The number of ether oxygens (including phenoxy) is 2. The van der Waals surface area contributed by atoms with Gasteiger partial charge in [0.15, 0.2) is 5.76 Å². The molecule has 0 saturated heterocycles. The van der Waals surface area contributed by atoms with Gasteiger partial charge in [0.1, 0.15) is 17.1 Å². The second-order valence-electron chi connectivity index (χ2n) is 4.98. The van der Waals surface area contributed by atoms with Gasteiger partial charge in [-0.3, -0.25) is 4.79 Å². The molecule has 0 aliphatic rings. The van der Waals surface area contributed by atoms with Crippen LogP contribution in [0.1, 0.15) is 10.4 Å². The maximum Gasteiger partial charge on any atom is 0.261 e. The average Bonchev–Trinajstić information content (AvgIpc) is 3.12. The van der Waals surface area contributed by atoms with Crippen molar-refractivity contribution in [2.75, 3.05) is 19.5 Å². The summed E-state index contributed by atoms with van der Waals surface area (Å²) in [6, 6.07) is 14.3. The Labute approximate surface area is 139 Å². The number of carbonyl (C=O) groups excluding carboxylic acids is 1. The molecule has 1 aromatic heterocycles. The number of hydrogen-bond acceptors (Lipinski definition) is 5. The highest BCUT2D eigenvalue weighted by atomic mass is 16.5. The molecule has 1 N–H and O–H groups in total. The lowest BCUT2D eigenvalue weighted by Gasteiger charge is -2.06. The van der Waals surface area contributed by atoms with Gasteiger partial charge in [-0.15, -0.1) is 0 Å². The third kappa shape index (κ3) is 3.22. The summed E-state index contributed by atoms with van der Waals surface area (Å²) in [4.78, 5) is 12.5. The van der Waals surface area contributed by atoms with Crippen LogP contribution in [0.15, 0.2) is 59.3 Å². The van der Waals surface area contributed by atoms with E-state index in [1.807, 2.05) is 12.1 Å². The number of carbonyl (C=O) groups is 1. The first kappa shape index (κ1) is 15.6. The second-order valence-corrected chi connectivity index (χ2v) is 4.98. The number of aromatic nitrogens is 1. The Bertz CT molecular complexity index is 823. The Hall–Kier alpha value is -3.28. The minimum absolute atomic E-state index is 0.299. The third-order valence-electron chi connectivity index (χ3n) is 3.52. The van der Waals surface area contributed by atoms with E-state index in [-0.39, 0.29) is 5.91 Å². The molecule has 0 unspecified atom stereocenters. The van der Waals surface area contributed by atoms with Gasteiger partial charge in [0.05, 0.1) is 20.4 Å². The predicted molar refractivity (Wildman–Crippen MR) is 89.4 cm³/mol. The summed E-state index contributed by atoms with van der Waals surface area (Å²) < 4.78 is 15.5. The Balaban J connectivity index is 1.81. The smallest absolute Gasteiger partial charge is 0.261 e. The highest BCUT2D eigenvalue weighted by Gasteiger charge is 2.18. The maximum absolute atomic E-state index is 12.5. The van der Waals surface area contributed by atoms with E-state index in [1.54, 1.807) is 50.6 Å². The molecule has 0 aliphatic carbocycles. The molecule has 0 radical (unpaired) electrons. The minimum Gasteiger partial charge on any atom is -0.497 e. The highest BCUT2D eigenvalue weighted by molar-refractivity contribution is 6.07.